The van der Waals surface area contributed by atoms with Gasteiger partial charge in [-0.2, -0.15) is 0 Å². The van der Waals surface area contributed by atoms with Crippen LogP contribution in [0.1, 0.15) is 38.3 Å². The standard InChI is InChI=1S/C38H33N5O3/c1-42-35(22-25-7-3-2-4-8-25)37(45)41-33(38(42)46)21-26-11-15-28(16-12-26)36(44)39-29-17-13-27(14-18-29)23-43-20-19-31-30-9-5-6-10-32(30)40-34(31)24-43/h2-18,21-22,40H,19-20,23-24H2,1H3,(H,39,44)(H,41,45). The normalized spacial score (nSPS) is 14.0. The van der Waals surface area contributed by atoms with E-state index in [9.17, 15) is 14.4 Å². The Balaban J connectivity index is 1.00. The van der Waals surface area contributed by atoms with Crippen LogP contribution in [0.5, 0.6) is 0 Å². The lowest BCUT2D eigenvalue weighted by molar-refractivity contribution is 0.102. The first-order chi connectivity index (χ1) is 22.4. The lowest BCUT2D eigenvalue weighted by Crippen LogP contribution is -2.52. The Morgan fingerprint density at radius 2 is 1.54 bits per heavy atom. The summed E-state index contributed by atoms with van der Waals surface area (Å²) in [6.45, 7) is 2.73. The topological polar surface area (TPSA) is 103 Å². The number of carbonyl (C=O) groups is 1. The number of rotatable bonds is 6. The number of carbonyl (C=O) groups excluding carboxylic acids is 1. The summed E-state index contributed by atoms with van der Waals surface area (Å²) in [6, 6.07) is 32.7. The van der Waals surface area contributed by atoms with Gasteiger partial charge in [-0.05, 0) is 71.2 Å². The molecule has 0 aliphatic carbocycles. The van der Waals surface area contributed by atoms with Crippen molar-refractivity contribution in [3.63, 3.8) is 0 Å². The van der Waals surface area contributed by atoms with E-state index in [1.807, 2.05) is 42.5 Å². The van der Waals surface area contributed by atoms with Crippen molar-refractivity contribution < 1.29 is 4.79 Å². The van der Waals surface area contributed by atoms with Crippen LogP contribution in [0.25, 0.3) is 23.1 Å². The van der Waals surface area contributed by atoms with Crippen molar-refractivity contribution in [2.75, 3.05) is 11.9 Å². The van der Waals surface area contributed by atoms with Crippen LogP contribution >= 0.6 is 0 Å². The van der Waals surface area contributed by atoms with Crippen LogP contribution in [0.2, 0.25) is 0 Å². The predicted molar refractivity (Wildman–Crippen MR) is 182 cm³/mol. The van der Waals surface area contributed by atoms with E-state index in [1.54, 1.807) is 43.5 Å². The first-order valence-electron chi connectivity index (χ1n) is 15.3. The highest BCUT2D eigenvalue weighted by Crippen LogP contribution is 2.28. The molecule has 4 aromatic carbocycles. The van der Waals surface area contributed by atoms with E-state index in [0.29, 0.717) is 11.1 Å². The monoisotopic (exact) mass is 607 g/mol. The summed E-state index contributed by atoms with van der Waals surface area (Å²) in [5, 5.41) is 4.73. The van der Waals surface area contributed by atoms with Crippen molar-refractivity contribution in [3.8, 4) is 0 Å². The van der Waals surface area contributed by atoms with Crippen molar-refractivity contribution in [2.24, 2.45) is 7.05 Å². The molecule has 0 atom stereocenters. The quantitative estimate of drug-likeness (QED) is 0.266. The van der Waals surface area contributed by atoms with Crippen LogP contribution in [0.3, 0.4) is 0 Å². The number of benzene rings is 4. The molecule has 1 aliphatic rings. The second kappa shape index (κ2) is 12.3. The third-order valence-electron chi connectivity index (χ3n) is 8.54. The second-order valence-electron chi connectivity index (χ2n) is 11.7. The van der Waals surface area contributed by atoms with Crippen molar-refractivity contribution in [1.82, 2.24) is 19.4 Å². The average Bonchev–Trinajstić information content (AvgIpc) is 3.45. The number of fused-ring (bicyclic) bond motifs is 3. The average molecular weight is 608 g/mol. The Hall–Kier alpha value is -5.73. The zero-order chi connectivity index (χ0) is 31.6. The third-order valence-corrected chi connectivity index (χ3v) is 8.54. The van der Waals surface area contributed by atoms with Crippen LogP contribution in [-0.2, 0) is 26.6 Å². The van der Waals surface area contributed by atoms with Crippen LogP contribution in [0, 0.1) is 0 Å². The molecule has 0 spiro atoms. The van der Waals surface area contributed by atoms with E-state index in [4.69, 9.17) is 0 Å². The first kappa shape index (κ1) is 29.0. The van der Waals surface area contributed by atoms with Gasteiger partial charge < -0.3 is 19.9 Å². The van der Waals surface area contributed by atoms with E-state index >= 15 is 0 Å². The van der Waals surface area contributed by atoms with Gasteiger partial charge in [0.2, 0.25) is 0 Å². The minimum atomic E-state index is -0.363. The Bertz CT molecular complexity index is 2300. The first-order valence-corrected chi connectivity index (χ1v) is 15.3. The number of aromatic amines is 2. The second-order valence-corrected chi connectivity index (χ2v) is 11.7. The summed E-state index contributed by atoms with van der Waals surface area (Å²) in [6.07, 6.45) is 4.31. The van der Waals surface area contributed by atoms with Crippen molar-refractivity contribution in [1.29, 1.82) is 0 Å². The van der Waals surface area contributed by atoms with E-state index < -0.39 is 0 Å². The van der Waals surface area contributed by atoms with Crippen molar-refractivity contribution >= 4 is 34.6 Å². The molecule has 3 N–H and O–H groups in total. The molecule has 0 unspecified atom stereocenters. The molecule has 6 aromatic rings. The summed E-state index contributed by atoms with van der Waals surface area (Å²) in [7, 11) is 1.58. The summed E-state index contributed by atoms with van der Waals surface area (Å²) < 4.78 is 1.34. The number of amides is 1. The van der Waals surface area contributed by atoms with Gasteiger partial charge in [0, 0.05) is 54.5 Å². The SMILES string of the molecule is Cn1c(=O)c(=Cc2ccc(C(=O)Nc3ccc(CN4CCc5c([nH]c6ccccc56)C4)cc3)cc2)[nH]c(=O)c1=Cc1ccccc1. The number of hydrogen-bond acceptors (Lipinski definition) is 4. The van der Waals surface area contributed by atoms with Gasteiger partial charge in [-0.3, -0.25) is 19.3 Å². The van der Waals surface area contributed by atoms with E-state index in [2.05, 4.69) is 56.6 Å². The number of aromatic nitrogens is 3. The molecule has 8 heteroatoms. The molecule has 46 heavy (non-hydrogen) atoms. The molecule has 0 bridgehead atoms. The predicted octanol–water partition coefficient (Wildman–Crippen LogP) is 4.02. The summed E-state index contributed by atoms with van der Waals surface area (Å²) in [5.74, 6) is -0.230. The van der Waals surface area contributed by atoms with E-state index in [0.717, 1.165) is 37.3 Å². The van der Waals surface area contributed by atoms with Gasteiger partial charge in [0.05, 0.1) is 0 Å². The Morgan fingerprint density at radius 1 is 0.826 bits per heavy atom. The Kier molecular flexibility index (Phi) is 7.78. The fourth-order valence-corrected chi connectivity index (χ4v) is 6.09. The zero-order valence-corrected chi connectivity index (χ0v) is 25.4. The van der Waals surface area contributed by atoms with Crippen LogP contribution in [0.15, 0.2) is 113 Å². The zero-order valence-electron chi connectivity index (χ0n) is 25.4. The van der Waals surface area contributed by atoms with Crippen LogP contribution in [-0.4, -0.2) is 31.9 Å². The fourth-order valence-electron chi connectivity index (χ4n) is 6.09. The van der Waals surface area contributed by atoms with Gasteiger partial charge in [0.25, 0.3) is 17.0 Å². The minimum absolute atomic E-state index is 0.168. The molecular formula is C38H33N5O3. The Morgan fingerprint density at radius 3 is 2.33 bits per heavy atom. The molecule has 2 aromatic heterocycles. The molecule has 228 valence electrons. The highest BCUT2D eigenvalue weighted by molar-refractivity contribution is 6.04. The lowest BCUT2D eigenvalue weighted by atomic mass is 10.0. The molecule has 0 saturated carbocycles. The number of para-hydroxylation sites is 1. The molecule has 0 saturated heterocycles. The molecule has 0 radical (unpaired) electrons. The van der Waals surface area contributed by atoms with Gasteiger partial charge in [0.1, 0.15) is 10.7 Å². The molecule has 3 heterocycles. The van der Waals surface area contributed by atoms with Crippen molar-refractivity contribution in [2.45, 2.75) is 19.5 Å². The fraction of sp³-hybridized carbons (Fsp3) is 0.132. The maximum Gasteiger partial charge on any atom is 0.274 e. The maximum absolute atomic E-state index is 13.0. The van der Waals surface area contributed by atoms with Crippen molar-refractivity contribution in [3.05, 3.63) is 168 Å². The number of nitrogens with zero attached hydrogens (tertiary/aromatic N) is 2. The smallest absolute Gasteiger partial charge is 0.274 e. The Labute approximate surface area is 265 Å². The number of anilines is 1. The largest absolute Gasteiger partial charge is 0.357 e. The highest BCUT2D eigenvalue weighted by Gasteiger charge is 2.20. The maximum atomic E-state index is 13.0. The lowest BCUT2D eigenvalue weighted by Gasteiger charge is -2.27. The number of nitrogens with one attached hydrogen (secondary N) is 3. The molecule has 0 fully saturated rings. The molecule has 1 aliphatic heterocycles. The highest BCUT2D eigenvalue weighted by atomic mass is 16.2. The number of H-pyrrole nitrogens is 2. The van der Waals surface area contributed by atoms with Gasteiger partial charge in [-0.25, -0.2) is 0 Å². The molecular weight excluding hydrogens is 574 g/mol. The van der Waals surface area contributed by atoms with E-state index in [1.165, 1.54) is 32.3 Å². The summed E-state index contributed by atoms with van der Waals surface area (Å²) in [5.41, 5.74) is 7.15. The molecule has 1 amide bonds. The van der Waals surface area contributed by atoms with Gasteiger partial charge >= 0.3 is 0 Å². The van der Waals surface area contributed by atoms with Crippen LogP contribution in [0.4, 0.5) is 5.69 Å². The minimum Gasteiger partial charge on any atom is -0.357 e. The number of hydrogen-bond donors (Lipinski definition) is 3. The van der Waals surface area contributed by atoms with Gasteiger partial charge in [-0.1, -0.05) is 72.8 Å². The molecule has 7 rings (SSSR count). The van der Waals surface area contributed by atoms with E-state index in [-0.39, 0.29) is 27.7 Å². The van der Waals surface area contributed by atoms with Crippen LogP contribution < -0.4 is 27.1 Å². The van der Waals surface area contributed by atoms with Gasteiger partial charge in [-0.15, -0.1) is 0 Å². The summed E-state index contributed by atoms with van der Waals surface area (Å²) in [4.78, 5) is 47.5. The molecule has 8 nitrogen and oxygen atoms in total. The summed E-state index contributed by atoms with van der Waals surface area (Å²) >= 11 is 0. The third kappa shape index (κ3) is 5.98. The van der Waals surface area contributed by atoms with Gasteiger partial charge in [0.15, 0.2) is 0 Å².